The van der Waals surface area contributed by atoms with E-state index in [1.807, 2.05) is 6.07 Å². The minimum Gasteiger partial charge on any atom is -0.508 e. The van der Waals surface area contributed by atoms with Crippen molar-refractivity contribution in [3.63, 3.8) is 0 Å². The Hall–Kier alpha value is -1.51. The summed E-state index contributed by atoms with van der Waals surface area (Å²) >= 11 is 0. The van der Waals surface area contributed by atoms with E-state index in [0.717, 1.165) is 12.5 Å². The lowest BCUT2D eigenvalue weighted by Gasteiger charge is -2.05. The van der Waals surface area contributed by atoms with Crippen molar-refractivity contribution in [2.24, 2.45) is 11.8 Å². The van der Waals surface area contributed by atoms with E-state index in [0.29, 0.717) is 11.5 Å². The fourth-order valence-corrected chi connectivity index (χ4v) is 1.82. The van der Waals surface area contributed by atoms with Gasteiger partial charge in [0.1, 0.15) is 5.75 Å². The predicted octanol–water partition coefficient (Wildman–Crippen LogP) is 1.71. The molecule has 1 aliphatic carbocycles. The van der Waals surface area contributed by atoms with Gasteiger partial charge in [0.2, 0.25) is 5.91 Å². The van der Waals surface area contributed by atoms with Crippen molar-refractivity contribution < 1.29 is 9.90 Å². The third-order valence-corrected chi connectivity index (χ3v) is 3.18. The van der Waals surface area contributed by atoms with Gasteiger partial charge in [-0.25, -0.2) is 0 Å². The molecule has 0 aromatic heterocycles. The molecule has 3 nitrogen and oxygen atoms in total. The van der Waals surface area contributed by atoms with Gasteiger partial charge in [0.05, 0.1) is 6.42 Å². The average Bonchev–Trinajstić information content (AvgIpc) is 2.95. The van der Waals surface area contributed by atoms with Crippen LogP contribution < -0.4 is 5.32 Å². The molecule has 0 bridgehead atoms. The van der Waals surface area contributed by atoms with Crippen LogP contribution in [0.4, 0.5) is 0 Å². The van der Waals surface area contributed by atoms with Gasteiger partial charge in [-0.1, -0.05) is 25.1 Å². The van der Waals surface area contributed by atoms with Gasteiger partial charge in [0.15, 0.2) is 0 Å². The van der Waals surface area contributed by atoms with Crippen LogP contribution in [-0.4, -0.2) is 17.6 Å². The number of rotatable bonds is 4. The Balaban J connectivity index is 1.80. The number of phenols is 1. The van der Waals surface area contributed by atoms with Gasteiger partial charge >= 0.3 is 0 Å². The second-order valence-corrected chi connectivity index (χ2v) is 4.58. The highest BCUT2D eigenvalue weighted by molar-refractivity contribution is 5.79. The number of carbonyl (C=O) groups excluding carboxylic acids is 1. The number of amides is 1. The van der Waals surface area contributed by atoms with Crippen LogP contribution in [0.1, 0.15) is 18.9 Å². The minimum absolute atomic E-state index is 0.0133. The lowest BCUT2D eigenvalue weighted by molar-refractivity contribution is -0.120. The molecule has 1 aromatic rings. The normalized spacial score (nSPS) is 22.8. The van der Waals surface area contributed by atoms with Crippen LogP contribution in [0.15, 0.2) is 24.3 Å². The van der Waals surface area contributed by atoms with Gasteiger partial charge < -0.3 is 10.4 Å². The largest absolute Gasteiger partial charge is 0.508 e. The second-order valence-electron chi connectivity index (χ2n) is 4.58. The molecule has 16 heavy (non-hydrogen) atoms. The Labute approximate surface area is 95.5 Å². The van der Waals surface area contributed by atoms with Crippen LogP contribution in [-0.2, 0) is 11.2 Å². The van der Waals surface area contributed by atoms with Gasteiger partial charge in [0, 0.05) is 12.1 Å². The van der Waals surface area contributed by atoms with Crippen LogP contribution in [0.2, 0.25) is 0 Å². The molecule has 0 aliphatic heterocycles. The zero-order valence-electron chi connectivity index (χ0n) is 9.44. The first-order valence-corrected chi connectivity index (χ1v) is 5.70. The van der Waals surface area contributed by atoms with Gasteiger partial charge in [-0.3, -0.25) is 4.79 Å². The van der Waals surface area contributed by atoms with Crippen molar-refractivity contribution >= 4 is 5.91 Å². The topological polar surface area (TPSA) is 49.3 Å². The van der Waals surface area contributed by atoms with E-state index in [1.54, 1.807) is 18.2 Å². The smallest absolute Gasteiger partial charge is 0.224 e. The predicted molar refractivity (Wildman–Crippen MR) is 62.1 cm³/mol. The summed E-state index contributed by atoms with van der Waals surface area (Å²) in [5, 5.41) is 12.4. The summed E-state index contributed by atoms with van der Waals surface area (Å²) in [6, 6.07) is 6.95. The fourth-order valence-electron chi connectivity index (χ4n) is 1.82. The number of benzene rings is 1. The highest BCUT2D eigenvalue weighted by Crippen LogP contribution is 2.36. The van der Waals surface area contributed by atoms with Crippen molar-refractivity contribution in [3.8, 4) is 5.75 Å². The van der Waals surface area contributed by atoms with Crippen LogP contribution >= 0.6 is 0 Å². The number of aromatic hydroxyl groups is 1. The number of phenolic OH excluding ortho intramolecular Hbond substituents is 1. The first-order valence-electron chi connectivity index (χ1n) is 5.70. The van der Waals surface area contributed by atoms with Crippen molar-refractivity contribution in [2.45, 2.75) is 19.8 Å². The van der Waals surface area contributed by atoms with Gasteiger partial charge in [-0.2, -0.15) is 0 Å². The van der Waals surface area contributed by atoms with E-state index in [9.17, 15) is 9.90 Å². The molecule has 1 saturated carbocycles. The third-order valence-electron chi connectivity index (χ3n) is 3.18. The Morgan fingerprint density at radius 2 is 2.19 bits per heavy atom. The number of para-hydroxylation sites is 1. The zero-order chi connectivity index (χ0) is 11.5. The molecule has 1 amide bonds. The quantitative estimate of drug-likeness (QED) is 0.810. The Bertz CT molecular complexity index is 389. The van der Waals surface area contributed by atoms with Crippen LogP contribution in [0, 0.1) is 11.8 Å². The molecule has 3 heteroatoms. The van der Waals surface area contributed by atoms with Crippen LogP contribution in [0.25, 0.3) is 0 Å². The number of nitrogens with one attached hydrogen (secondary N) is 1. The lowest BCUT2D eigenvalue weighted by Crippen LogP contribution is -2.27. The van der Waals surface area contributed by atoms with E-state index in [1.165, 1.54) is 6.42 Å². The first kappa shape index (κ1) is 11.0. The monoisotopic (exact) mass is 219 g/mol. The summed E-state index contributed by atoms with van der Waals surface area (Å²) in [4.78, 5) is 11.6. The number of hydrogen-bond acceptors (Lipinski definition) is 2. The van der Waals surface area contributed by atoms with E-state index < -0.39 is 0 Å². The maximum Gasteiger partial charge on any atom is 0.224 e. The van der Waals surface area contributed by atoms with E-state index >= 15 is 0 Å². The summed E-state index contributed by atoms with van der Waals surface area (Å²) in [5.74, 6) is 1.59. The second kappa shape index (κ2) is 4.56. The molecule has 0 saturated heterocycles. The Morgan fingerprint density at radius 1 is 1.50 bits per heavy atom. The van der Waals surface area contributed by atoms with Gasteiger partial charge in [0.25, 0.3) is 0 Å². The molecule has 2 atom stereocenters. The minimum atomic E-state index is -0.0133. The zero-order valence-corrected chi connectivity index (χ0v) is 9.44. The summed E-state index contributed by atoms with van der Waals surface area (Å²) < 4.78 is 0. The highest BCUT2D eigenvalue weighted by atomic mass is 16.3. The molecule has 1 aliphatic rings. The highest BCUT2D eigenvalue weighted by Gasteiger charge is 2.32. The lowest BCUT2D eigenvalue weighted by atomic mass is 10.1. The van der Waals surface area contributed by atoms with Crippen molar-refractivity contribution in [2.75, 3.05) is 6.54 Å². The van der Waals surface area contributed by atoms with Crippen molar-refractivity contribution in [1.29, 1.82) is 0 Å². The maximum absolute atomic E-state index is 11.6. The van der Waals surface area contributed by atoms with Gasteiger partial charge in [-0.15, -0.1) is 0 Å². The molecule has 0 spiro atoms. The Morgan fingerprint density at radius 3 is 2.81 bits per heavy atom. The summed E-state index contributed by atoms with van der Waals surface area (Å²) in [7, 11) is 0. The fraction of sp³-hybridized carbons (Fsp3) is 0.462. The molecule has 0 heterocycles. The number of carbonyl (C=O) groups is 1. The molecular formula is C13H17NO2. The summed E-state index contributed by atoms with van der Waals surface area (Å²) in [5.41, 5.74) is 0.684. The Kier molecular flexibility index (Phi) is 3.13. The molecule has 86 valence electrons. The standard InChI is InChI=1S/C13H17NO2/c1-9-6-11(9)8-14-13(16)7-10-4-2-3-5-12(10)15/h2-5,9,11,15H,6-8H2,1H3,(H,14,16). The average molecular weight is 219 g/mol. The van der Waals surface area contributed by atoms with Crippen LogP contribution in [0.3, 0.4) is 0 Å². The van der Waals surface area contributed by atoms with Gasteiger partial charge in [-0.05, 0) is 24.3 Å². The molecule has 1 aromatic carbocycles. The van der Waals surface area contributed by atoms with E-state index in [4.69, 9.17) is 0 Å². The van der Waals surface area contributed by atoms with Crippen molar-refractivity contribution in [3.05, 3.63) is 29.8 Å². The number of hydrogen-bond donors (Lipinski definition) is 2. The summed E-state index contributed by atoms with van der Waals surface area (Å²) in [6.45, 7) is 2.97. The molecular weight excluding hydrogens is 202 g/mol. The third kappa shape index (κ3) is 2.75. The SMILES string of the molecule is CC1CC1CNC(=O)Cc1ccccc1O. The van der Waals surface area contributed by atoms with Crippen LogP contribution in [0.5, 0.6) is 5.75 Å². The molecule has 1 fully saturated rings. The molecule has 2 N–H and O–H groups in total. The van der Waals surface area contributed by atoms with Crippen molar-refractivity contribution in [1.82, 2.24) is 5.32 Å². The molecule has 2 unspecified atom stereocenters. The maximum atomic E-state index is 11.6. The molecule has 2 rings (SSSR count). The molecule has 0 radical (unpaired) electrons. The van der Waals surface area contributed by atoms with E-state index in [2.05, 4.69) is 12.2 Å². The summed E-state index contributed by atoms with van der Waals surface area (Å²) in [6.07, 6.45) is 1.48. The van der Waals surface area contributed by atoms with E-state index in [-0.39, 0.29) is 18.1 Å². The first-order chi connectivity index (χ1) is 7.66.